The number of nitrogens with two attached hydrogens (primary N) is 1. The van der Waals surface area contributed by atoms with Crippen molar-refractivity contribution >= 4 is 27.9 Å². The largest absolute Gasteiger partial charge is 0.352 e. The summed E-state index contributed by atoms with van der Waals surface area (Å²) < 4.78 is 27.2. The molecule has 11 heteroatoms. The first-order valence-electron chi connectivity index (χ1n) is 11.0. The Morgan fingerprint density at radius 3 is 2.38 bits per heavy atom. The van der Waals surface area contributed by atoms with Gasteiger partial charge in [-0.3, -0.25) is 20.4 Å². The van der Waals surface area contributed by atoms with E-state index in [-0.39, 0.29) is 16.9 Å². The van der Waals surface area contributed by atoms with Crippen molar-refractivity contribution in [1.82, 2.24) is 20.5 Å². The number of carbonyl (C=O) groups excluding carboxylic acids is 3. The molecule has 34 heavy (non-hydrogen) atoms. The number of sulfonamides is 1. The van der Waals surface area contributed by atoms with Crippen LogP contribution < -0.4 is 21.9 Å². The highest BCUT2D eigenvalue weighted by molar-refractivity contribution is 7.89. The molecule has 0 bridgehead atoms. The van der Waals surface area contributed by atoms with Gasteiger partial charge in [-0.05, 0) is 49.1 Å². The maximum Gasteiger partial charge on any atom is 0.312 e. The number of primary amides is 1. The van der Waals surface area contributed by atoms with E-state index in [1.54, 1.807) is 12.1 Å². The van der Waals surface area contributed by atoms with Gasteiger partial charge in [0.25, 0.3) is 5.91 Å². The maximum atomic E-state index is 12.9. The summed E-state index contributed by atoms with van der Waals surface area (Å²) in [5.41, 5.74) is 11.5. The summed E-state index contributed by atoms with van der Waals surface area (Å²) in [5, 5.41) is 2.54. The van der Waals surface area contributed by atoms with E-state index in [1.165, 1.54) is 28.6 Å². The summed E-state index contributed by atoms with van der Waals surface area (Å²) in [7, 11) is -3.70. The molecule has 182 valence electrons. The summed E-state index contributed by atoms with van der Waals surface area (Å²) in [6.07, 6.45) is 2.43. The average molecular weight is 488 g/mol. The fourth-order valence-electron chi connectivity index (χ4n) is 3.88. The number of carbonyl (C=O) groups is 3. The second-order valence-corrected chi connectivity index (χ2v) is 10.1. The third-order valence-corrected chi connectivity index (χ3v) is 7.53. The number of aryl methyl sites for hydroxylation is 1. The summed E-state index contributed by atoms with van der Waals surface area (Å²) in [6, 6.07) is 11.4. The number of benzene rings is 2. The van der Waals surface area contributed by atoms with E-state index in [1.807, 2.05) is 19.1 Å². The number of nitrogens with zero attached hydrogens (tertiary/aromatic N) is 1. The lowest BCUT2D eigenvalue weighted by Gasteiger charge is -2.26. The van der Waals surface area contributed by atoms with Crippen LogP contribution in [0, 0.1) is 6.92 Å². The Morgan fingerprint density at radius 2 is 1.71 bits per heavy atom. The van der Waals surface area contributed by atoms with Crippen LogP contribution in [0.15, 0.2) is 53.4 Å². The third kappa shape index (κ3) is 6.33. The van der Waals surface area contributed by atoms with Crippen LogP contribution in [-0.4, -0.2) is 43.7 Å². The van der Waals surface area contributed by atoms with Crippen LogP contribution in [0.1, 0.15) is 53.2 Å². The van der Waals surface area contributed by atoms with Gasteiger partial charge in [0.2, 0.25) is 15.9 Å². The minimum atomic E-state index is -3.70. The molecular weight excluding hydrogens is 458 g/mol. The Bertz CT molecular complexity index is 1160. The molecule has 1 unspecified atom stereocenters. The summed E-state index contributed by atoms with van der Waals surface area (Å²) in [5.74, 6) is -1.23. The third-order valence-electron chi connectivity index (χ3n) is 5.63. The number of rotatable bonds is 7. The molecule has 0 saturated carbocycles. The zero-order chi connectivity index (χ0) is 24.7. The summed E-state index contributed by atoms with van der Waals surface area (Å²) in [4.78, 5) is 36.5. The minimum Gasteiger partial charge on any atom is -0.352 e. The Balaban J connectivity index is 1.64. The number of urea groups is 1. The molecule has 0 aromatic heterocycles. The van der Waals surface area contributed by atoms with Crippen LogP contribution in [0.5, 0.6) is 0 Å². The van der Waals surface area contributed by atoms with Gasteiger partial charge in [-0.15, -0.1) is 0 Å². The molecular formula is C23H29N5O5S. The Hall–Kier alpha value is -3.44. The summed E-state index contributed by atoms with van der Waals surface area (Å²) in [6.45, 7) is 2.75. The number of hydrogen-bond acceptors (Lipinski definition) is 5. The first-order chi connectivity index (χ1) is 16.2. The quantitative estimate of drug-likeness (QED) is 0.439. The van der Waals surface area contributed by atoms with Gasteiger partial charge in [-0.25, -0.2) is 13.2 Å². The van der Waals surface area contributed by atoms with Gasteiger partial charge >= 0.3 is 6.03 Å². The van der Waals surface area contributed by atoms with Gasteiger partial charge in [0.15, 0.2) is 0 Å². The van der Waals surface area contributed by atoms with Gasteiger partial charge in [0, 0.05) is 18.7 Å². The highest BCUT2D eigenvalue weighted by Gasteiger charge is 2.26. The van der Waals surface area contributed by atoms with Crippen molar-refractivity contribution in [2.45, 2.75) is 43.5 Å². The lowest BCUT2D eigenvalue weighted by Crippen LogP contribution is -2.44. The van der Waals surface area contributed by atoms with Gasteiger partial charge in [0.05, 0.1) is 17.4 Å². The molecule has 1 aliphatic rings. The van der Waals surface area contributed by atoms with Crippen molar-refractivity contribution in [2.75, 3.05) is 13.1 Å². The van der Waals surface area contributed by atoms with Crippen LogP contribution >= 0.6 is 0 Å². The van der Waals surface area contributed by atoms with E-state index in [0.29, 0.717) is 13.1 Å². The van der Waals surface area contributed by atoms with Crippen molar-refractivity contribution < 1.29 is 22.8 Å². The molecule has 0 spiro atoms. The highest BCUT2D eigenvalue weighted by atomic mass is 32.2. The average Bonchev–Trinajstić information content (AvgIpc) is 2.83. The fourth-order valence-corrected chi connectivity index (χ4v) is 5.44. The molecule has 10 nitrogen and oxygen atoms in total. The van der Waals surface area contributed by atoms with Crippen LogP contribution in [0.3, 0.4) is 0 Å². The van der Waals surface area contributed by atoms with Gasteiger partial charge in [0.1, 0.15) is 0 Å². The molecule has 0 radical (unpaired) electrons. The van der Waals surface area contributed by atoms with Crippen LogP contribution in [0.4, 0.5) is 4.79 Å². The first kappa shape index (κ1) is 25.2. The maximum absolute atomic E-state index is 12.9. The number of hydrogen-bond donors (Lipinski definition) is 4. The number of piperidine rings is 1. The normalized spacial score (nSPS) is 15.2. The molecule has 3 rings (SSSR count). The topological polar surface area (TPSA) is 151 Å². The number of nitrogens with one attached hydrogen (secondary N) is 3. The van der Waals surface area contributed by atoms with E-state index in [4.69, 9.17) is 5.73 Å². The monoisotopic (exact) mass is 487 g/mol. The molecule has 1 saturated heterocycles. The van der Waals surface area contributed by atoms with E-state index >= 15 is 0 Å². The predicted molar refractivity (Wildman–Crippen MR) is 126 cm³/mol. The predicted octanol–water partition coefficient (Wildman–Crippen LogP) is 1.73. The molecule has 2 aromatic carbocycles. The SMILES string of the molecule is Cc1ccccc1C(CC(=O)NNC(=O)c1cccc(S(=O)(=O)N2CCCCC2)c1)NC(N)=O. The van der Waals surface area contributed by atoms with Crippen LogP contribution in [0.25, 0.3) is 0 Å². The van der Waals surface area contributed by atoms with E-state index in [0.717, 1.165) is 30.4 Å². The molecule has 2 aromatic rings. The molecule has 5 N–H and O–H groups in total. The molecule has 4 amide bonds. The van der Waals surface area contributed by atoms with Gasteiger partial charge < -0.3 is 11.1 Å². The molecule has 1 aliphatic heterocycles. The van der Waals surface area contributed by atoms with E-state index < -0.39 is 33.9 Å². The van der Waals surface area contributed by atoms with E-state index in [2.05, 4.69) is 16.2 Å². The Morgan fingerprint density at radius 1 is 1.00 bits per heavy atom. The summed E-state index contributed by atoms with van der Waals surface area (Å²) >= 11 is 0. The van der Waals surface area contributed by atoms with Crippen molar-refractivity contribution in [1.29, 1.82) is 0 Å². The van der Waals surface area contributed by atoms with Crippen molar-refractivity contribution in [2.24, 2.45) is 5.73 Å². The first-order valence-corrected chi connectivity index (χ1v) is 12.4. The number of amides is 4. The highest BCUT2D eigenvalue weighted by Crippen LogP contribution is 2.22. The Kier molecular flexibility index (Phi) is 8.24. The smallest absolute Gasteiger partial charge is 0.312 e. The second-order valence-electron chi connectivity index (χ2n) is 8.12. The minimum absolute atomic E-state index is 0.0265. The number of hydrazine groups is 1. The van der Waals surface area contributed by atoms with Crippen molar-refractivity contribution in [3.63, 3.8) is 0 Å². The lowest BCUT2D eigenvalue weighted by atomic mass is 9.98. The lowest BCUT2D eigenvalue weighted by molar-refractivity contribution is -0.122. The zero-order valence-corrected chi connectivity index (χ0v) is 19.7. The van der Waals surface area contributed by atoms with E-state index in [9.17, 15) is 22.8 Å². The van der Waals surface area contributed by atoms with Crippen molar-refractivity contribution in [3.8, 4) is 0 Å². The van der Waals surface area contributed by atoms with Gasteiger partial charge in [-0.1, -0.05) is 36.8 Å². The zero-order valence-electron chi connectivity index (χ0n) is 18.9. The second kappa shape index (κ2) is 11.1. The van der Waals surface area contributed by atoms with Gasteiger partial charge in [-0.2, -0.15) is 4.31 Å². The van der Waals surface area contributed by atoms with Crippen LogP contribution in [-0.2, 0) is 14.8 Å². The molecule has 1 heterocycles. The van der Waals surface area contributed by atoms with Crippen LogP contribution in [0.2, 0.25) is 0 Å². The molecule has 1 atom stereocenters. The Labute approximate surface area is 198 Å². The van der Waals surface area contributed by atoms with Crippen molar-refractivity contribution in [3.05, 3.63) is 65.2 Å². The molecule has 1 fully saturated rings. The fraction of sp³-hybridized carbons (Fsp3) is 0.348. The standard InChI is InChI=1S/C23H29N5O5S/c1-16-8-3-4-11-19(16)20(25-23(24)31)15-21(29)26-27-22(30)17-9-7-10-18(14-17)34(32,33)28-12-5-2-6-13-28/h3-4,7-11,14,20H,2,5-6,12-13,15H2,1H3,(H,26,29)(H,27,30)(H3,24,25,31). The molecule has 0 aliphatic carbocycles.